The fourth-order valence-electron chi connectivity index (χ4n) is 3.93. The summed E-state index contributed by atoms with van der Waals surface area (Å²) in [6.45, 7) is 2.56. The average molecular weight is 367 g/mol. The molecule has 1 amide bonds. The summed E-state index contributed by atoms with van der Waals surface area (Å²) in [7, 11) is 0. The predicted octanol–water partition coefficient (Wildman–Crippen LogP) is 4.15. The first-order valence-electron chi connectivity index (χ1n) is 8.98. The van der Waals surface area contributed by atoms with Gasteiger partial charge < -0.3 is 10.1 Å². The number of hydrogen-bond acceptors (Lipinski definition) is 4. The number of ether oxygens (including phenoxy) is 1. The van der Waals surface area contributed by atoms with Crippen molar-refractivity contribution in [2.75, 3.05) is 6.61 Å². The highest BCUT2D eigenvalue weighted by atomic mass is 32.1. The third-order valence-corrected chi connectivity index (χ3v) is 6.11. The Hall–Kier alpha value is -2.40. The van der Waals surface area contributed by atoms with Crippen molar-refractivity contribution >= 4 is 23.0 Å². The lowest BCUT2D eigenvalue weighted by molar-refractivity contribution is -0.122. The Balaban J connectivity index is 1.66. The fourth-order valence-corrected chi connectivity index (χ4v) is 4.76. The summed E-state index contributed by atoms with van der Waals surface area (Å²) in [4.78, 5) is 26.5. The summed E-state index contributed by atoms with van der Waals surface area (Å²) in [5.74, 6) is 0.955. The molecule has 5 heteroatoms. The van der Waals surface area contributed by atoms with E-state index in [2.05, 4.69) is 11.4 Å². The van der Waals surface area contributed by atoms with Crippen LogP contribution in [0.4, 0.5) is 0 Å². The topological polar surface area (TPSA) is 55.4 Å². The van der Waals surface area contributed by atoms with Crippen molar-refractivity contribution in [3.05, 3.63) is 63.5 Å². The third-order valence-electron chi connectivity index (χ3n) is 5.08. The molecule has 1 aromatic heterocycles. The van der Waals surface area contributed by atoms with E-state index in [-0.39, 0.29) is 23.5 Å². The molecular weight excluding hydrogens is 346 g/mol. The minimum absolute atomic E-state index is 0.0118. The van der Waals surface area contributed by atoms with E-state index in [4.69, 9.17) is 4.74 Å². The maximum Gasteiger partial charge on any atom is 0.225 e. The molecule has 1 aliphatic heterocycles. The number of rotatable bonds is 4. The second kappa shape index (κ2) is 7.08. The molecule has 4 rings (SSSR count). The predicted molar refractivity (Wildman–Crippen MR) is 101 cm³/mol. The minimum atomic E-state index is -0.161. The van der Waals surface area contributed by atoms with Crippen LogP contribution in [-0.2, 0) is 9.59 Å². The summed E-state index contributed by atoms with van der Waals surface area (Å²) >= 11 is 1.67. The van der Waals surface area contributed by atoms with Gasteiger partial charge in [0.25, 0.3) is 0 Å². The van der Waals surface area contributed by atoms with Gasteiger partial charge in [-0.2, -0.15) is 0 Å². The van der Waals surface area contributed by atoms with Crippen molar-refractivity contribution in [2.24, 2.45) is 0 Å². The molecule has 0 bridgehead atoms. The Morgan fingerprint density at radius 2 is 1.92 bits per heavy atom. The molecule has 0 saturated carbocycles. The van der Waals surface area contributed by atoms with Crippen molar-refractivity contribution in [1.82, 2.24) is 5.32 Å². The van der Waals surface area contributed by atoms with Gasteiger partial charge in [-0.15, -0.1) is 11.3 Å². The van der Waals surface area contributed by atoms with Crippen LogP contribution in [0.25, 0.3) is 0 Å². The molecule has 0 spiro atoms. The van der Waals surface area contributed by atoms with Crippen LogP contribution in [0.15, 0.2) is 53.0 Å². The molecule has 1 aliphatic carbocycles. The molecule has 0 saturated heterocycles. The van der Waals surface area contributed by atoms with Crippen LogP contribution in [0.3, 0.4) is 0 Å². The van der Waals surface area contributed by atoms with Gasteiger partial charge in [0.2, 0.25) is 5.91 Å². The lowest BCUT2D eigenvalue weighted by atomic mass is 9.75. The molecular formula is C21H21NO3S. The van der Waals surface area contributed by atoms with E-state index < -0.39 is 0 Å². The van der Waals surface area contributed by atoms with E-state index in [1.165, 1.54) is 4.88 Å². The number of hydrogen-bond donors (Lipinski definition) is 1. The number of benzene rings is 1. The molecule has 2 aromatic rings. The lowest BCUT2D eigenvalue weighted by Crippen LogP contribution is -2.38. The van der Waals surface area contributed by atoms with Crippen LogP contribution in [0, 0.1) is 0 Å². The number of ketones is 1. The quantitative estimate of drug-likeness (QED) is 0.883. The van der Waals surface area contributed by atoms with Crippen LogP contribution in [-0.4, -0.2) is 18.3 Å². The molecule has 4 nitrogen and oxygen atoms in total. The highest BCUT2D eigenvalue weighted by molar-refractivity contribution is 7.10. The molecule has 2 atom stereocenters. The van der Waals surface area contributed by atoms with Crippen molar-refractivity contribution in [3.63, 3.8) is 0 Å². The van der Waals surface area contributed by atoms with Gasteiger partial charge in [-0.05, 0) is 42.5 Å². The molecule has 134 valence electrons. The molecule has 2 heterocycles. The van der Waals surface area contributed by atoms with Crippen LogP contribution < -0.4 is 10.1 Å². The second-order valence-corrected chi connectivity index (χ2v) is 7.72. The molecule has 2 aliphatic rings. The Bertz CT molecular complexity index is 852. The van der Waals surface area contributed by atoms with Gasteiger partial charge in [-0.1, -0.05) is 18.2 Å². The number of Topliss-reactive ketones (excluding diaryl/α,β-unsaturated/α-hetero) is 1. The van der Waals surface area contributed by atoms with E-state index >= 15 is 0 Å². The van der Waals surface area contributed by atoms with Gasteiger partial charge in [-0.3, -0.25) is 9.59 Å². The van der Waals surface area contributed by atoms with E-state index in [1.54, 1.807) is 11.3 Å². The Labute approximate surface area is 156 Å². The Morgan fingerprint density at radius 1 is 1.12 bits per heavy atom. The van der Waals surface area contributed by atoms with Crippen LogP contribution in [0.5, 0.6) is 5.75 Å². The zero-order valence-electron chi connectivity index (χ0n) is 14.7. The maximum absolute atomic E-state index is 13.0. The monoisotopic (exact) mass is 367 g/mol. The molecule has 26 heavy (non-hydrogen) atoms. The number of allylic oxidation sites excluding steroid dienone is 2. The average Bonchev–Trinajstić information content (AvgIpc) is 3.16. The molecule has 0 fully saturated rings. The number of carbonyl (C=O) groups excluding carboxylic acids is 2. The largest absolute Gasteiger partial charge is 0.494 e. The maximum atomic E-state index is 13.0. The minimum Gasteiger partial charge on any atom is -0.494 e. The Kier molecular flexibility index (Phi) is 4.64. The number of thiophene rings is 1. The van der Waals surface area contributed by atoms with Crippen molar-refractivity contribution < 1.29 is 14.3 Å². The van der Waals surface area contributed by atoms with E-state index in [0.29, 0.717) is 19.4 Å². The molecule has 1 N–H and O–H groups in total. The van der Waals surface area contributed by atoms with E-state index in [0.717, 1.165) is 29.0 Å². The van der Waals surface area contributed by atoms with Crippen molar-refractivity contribution in [2.45, 2.75) is 38.0 Å². The van der Waals surface area contributed by atoms with Crippen LogP contribution in [0.1, 0.15) is 48.5 Å². The van der Waals surface area contributed by atoms with E-state index in [9.17, 15) is 9.59 Å². The van der Waals surface area contributed by atoms with Gasteiger partial charge in [-0.25, -0.2) is 0 Å². The number of nitrogens with one attached hydrogen (secondary N) is 1. The van der Waals surface area contributed by atoms with Gasteiger partial charge in [0.1, 0.15) is 5.75 Å². The summed E-state index contributed by atoms with van der Waals surface area (Å²) in [5.41, 5.74) is 2.61. The SMILES string of the molecule is CCOc1ccc([C@@H]2CC(=O)NC3=C2C(=O)C[C@H](c2cccs2)C3)cc1. The van der Waals surface area contributed by atoms with Crippen LogP contribution in [0.2, 0.25) is 0 Å². The van der Waals surface area contributed by atoms with Gasteiger partial charge in [0.05, 0.1) is 6.61 Å². The Morgan fingerprint density at radius 3 is 2.62 bits per heavy atom. The van der Waals surface area contributed by atoms with Crippen molar-refractivity contribution in [3.8, 4) is 5.75 Å². The normalized spacial score (nSPS) is 22.8. The summed E-state index contributed by atoms with van der Waals surface area (Å²) in [6.07, 6.45) is 1.56. The van der Waals surface area contributed by atoms with Crippen LogP contribution >= 0.6 is 11.3 Å². The summed E-state index contributed by atoms with van der Waals surface area (Å²) in [5, 5.41) is 5.01. The summed E-state index contributed by atoms with van der Waals surface area (Å²) < 4.78 is 5.50. The first kappa shape index (κ1) is 17.0. The van der Waals surface area contributed by atoms with Gasteiger partial charge in [0.15, 0.2) is 5.78 Å². The standard InChI is InChI=1S/C21H21NO3S/c1-2-25-15-7-5-13(6-8-15)16-12-20(24)22-17-10-14(11-18(23)21(16)17)19-4-3-9-26-19/h3-9,14,16H,2,10-12H2,1H3,(H,22,24)/t14-,16+/m1/s1. The smallest absolute Gasteiger partial charge is 0.225 e. The molecule has 1 aromatic carbocycles. The van der Waals surface area contributed by atoms with E-state index in [1.807, 2.05) is 42.6 Å². The zero-order chi connectivity index (χ0) is 18.1. The number of amides is 1. The first-order valence-corrected chi connectivity index (χ1v) is 9.86. The second-order valence-electron chi connectivity index (χ2n) is 6.74. The van der Waals surface area contributed by atoms with Crippen molar-refractivity contribution in [1.29, 1.82) is 0 Å². The zero-order valence-corrected chi connectivity index (χ0v) is 15.5. The third kappa shape index (κ3) is 3.19. The summed E-state index contributed by atoms with van der Waals surface area (Å²) in [6, 6.07) is 11.8. The lowest BCUT2D eigenvalue weighted by Gasteiger charge is -2.34. The highest BCUT2D eigenvalue weighted by Gasteiger charge is 2.38. The molecule has 0 radical (unpaired) electrons. The fraction of sp³-hybridized carbons (Fsp3) is 0.333. The first-order chi connectivity index (χ1) is 12.7. The van der Waals surface area contributed by atoms with Gasteiger partial charge in [0, 0.05) is 40.8 Å². The number of carbonyl (C=O) groups is 2. The molecule has 0 unspecified atom stereocenters. The van der Waals surface area contributed by atoms with Gasteiger partial charge >= 0.3 is 0 Å². The highest BCUT2D eigenvalue weighted by Crippen LogP contribution is 2.43.